The number of carbonyl (C=O) groups excluding carboxylic acids is 1. The first-order valence-electron chi connectivity index (χ1n) is 9.72. The topological polar surface area (TPSA) is 89.9 Å². The lowest BCUT2D eigenvalue weighted by Crippen LogP contribution is -2.42. The number of likely N-dealkylation sites (tertiary alicyclic amines) is 1. The van der Waals surface area contributed by atoms with E-state index in [0.29, 0.717) is 0 Å². The molecule has 0 saturated carbocycles. The summed E-state index contributed by atoms with van der Waals surface area (Å²) in [7, 11) is 0. The summed E-state index contributed by atoms with van der Waals surface area (Å²) >= 11 is 0. The van der Waals surface area contributed by atoms with E-state index >= 15 is 0 Å². The predicted octanol–water partition coefficient (Wildman–Crippen LogP) is 2.41. The molecular formula is C20H30N6O. The Morgan fingerprint density at radius 3 is 2.44 bits per heavy atom. The van der Waals surface area contributed by atoms with Crippen LogP contribution in [-0.2, 0) is 10.3 Å². The van der Waals surface area contributed by atoms with Gasteiger partial charge in [-0.05, 0) is 69.1 Å². The van der Waals surface area contributed by atoms with Gasteiger partial charge in [-0.2, -0.15) is 0 Å². The lowest BCUT2D eigenvalue weighted by atomic mass is 9.92. The molecule has 1 aliphatic heterocycles. The van der Waals surface area contributed by atoms with E-state index in [1.54, 1.807) is 0 Å². The number of aromatic nitrogens is 4. The number of nitrogens with two attached hydrogens (primary N) is 1. The number of hydrogen-bond donors (Lipinski definition) is 1. The highest BCUT2D eigenvalue weighted by atomic mass is 16.1. The molecule has 1 fully saturated rings. The van der Waals surface area contributed by atoms with Crippen LogP contribution in [0.1, 0.15) is 63.0 Å². The van der Waals surface area contributed by atoms with Gasteiger partial charge >= 0.3 is 0 Å². The molecule has 1 atom stereocenters. The molecule has 2 aromatic rings. The maximum absolute atomic E-state index is 11.6. The molecule has 0 spiro atoms. The molecule has 1 aliphatic rings. The second-order valence-electron chi connectivity index (χ2n) is 8.14. The number of rotatable bonds is 6. The van der Waals surface area contributed by atoms with E-state index in [2.05, 4.69) is 72.4 Å². The SMILES string of the molecule is CCC(C)(C)n1nnnc1C(c1ccc(C)cc1)N1CCC(C(N)=O)CC1. The highest BCUT2D eigenvalue weighted by Gasteiger charge is 2.35. The molecule has 1 unspecified atom stereocenters. The maximum atomic E-state index is 11.6. The number of hydrogen-bond acceptors (Lipinski definition) is 5. The summed E-state index contributed by atoms with van der Waals surface area (Å²) in [4.78, 5) is 13.9. The van der Waals surface area contributed by atoms with Crippen molar-refractivity contribution in [1.82, 2.24) is 25.1 Å². The monoisotopic (exact) mass is 370 g/mol. The van der Waals surface area contributed by atoms with Crippen LogP contribution in [0.25, 0.3) is 0 Å². The van der Waals surface area contributed by atoms with Crippen LogP contribution in [0.15, 0.2) is 24.3 Å². The Balaban J connectivity index is 1.99. The van der Waals surface area contributed by atoms with Gasteiger partial charge in [0.25, 0.3) is 0 Å². The first kappa shape index (κ1) is 19.5. The number of primary amides is 1. The van der Waals surface area contributed by atoms with E-state index in [9.17, 15) is 4.79 Å². The van der Waals surface area contributed by atoms with Gasteiger partial charge in [0, 0.05) is 5.92 Å². The summed E-state index contributed by atoms with van der Waals surface area (Å²) in [5.74, 6) is 0.615. The van der Waals surface area contributed by atoms with Crippen LogP contribution in [0.4, 0.5) is 0 Å². The molecule has 1 saturated heterocycles. The lowest BCUT2D eigenvalue weighted by Gasteiger charge is -2.37. The van der Waals surface area contributed by atoms with Crippen LogP contribution < -0.4 is 5.73 Å². The first-order valence-corrected chi connectivity index (χ1v) is 9.72. The van der Waals surface area contributed by atoms with Gasteiger partial charge in [-0.15, -0.1) is 5.10 Å². The van der Waals surface area contributed by atoms with Crippen LogP contribution in [0, 0.1) is 12.8 Å². The van der Waals surface area contributed by atoms with Crippen molar-refractivity contribution >= 4 is 5.91 Å². The van der Waals surface area contributed by atoms with Crippen molar-refractivity contribution in [3.05, 3.63) is 41.2 Å². The highest BCUT2D eigenvalue weighted by Crippen LogP contribution is 2.33. The van der Waals surface area contributed by atoms with E-state index in [0.717, 1.165) is 38.2 Å². The van der Waals surface area contributed by atoms with Gasteiger partial charge < -0.3 is 5.73 Å². The summed E-state index contributed by atoms with van der Waals surface area (Å²) in [5.41, 5.74) is 7.73. The highest BCUT2D eigenvalue weighted by molar-refractivity contribution is 5.76. The Morgan fingerprint density at radius 1 is 1.26 bits per heavy atom. The summed E-state index contributed by atoms with van der Waals surface area (Å²) in [6.45, 7) is 10.1. The Hall–Kier alpha value is -2.28. The molecular weight excluding hydrogens is 340 g/mol. The molecule has 3 rings (SSSR count). The number of aryl methyl sites for hydroxylation is 1. The fourth-order valence-corrected chi connectivity index (χ4v) is 3.66. The number of benzene rings is 1. The van der Waals surface area contributed by atoms with E-state index in [-0.39, 0.29) is 23.4 Å². The minimum absolute atomic E-state index is 0.0389. The Bertz CT molecular complexity index is 774. The van der Waals surface area contributed by atoms with Gasteiger partial charge in [0.2, 0.25) is 5.91 Å². The summed E-state index contributed by atoms with van der Waals surface area (Å²) < 4.78 is 1.96. The minimum Gasteiger partial charge on any atom is -0.369 e. The number of piperidine rings is 1. The van der Waals surface area contributed by atoms with Crippen LogP contribution in [0.2, 0.25) is 0 Å². The summed E-state index contributed by atoms with van der Waals surface area (Å²) in [6.07, 6.45) is 2.47. The molecule has 7 heteroatoms. The Morgan fingerprint density at radius 2 is 1.89 bits per heavy atom. The van der Waals surface area contributed by atoms with Gasteiger partial charge in [-0.25, -0.2) is 4.68 Å². The van der Waals surface area contributed by atoms with E-state index in [1.165, 1.54) is 11.1 Å². The van der Waals surface area contributed by atoms with Crippen LogP contribution >= 0.6 is 0 Å². The van der Waals surface area contributed by atoms with Crippen molar-refractivity contribution in [1.29, 1.82) is 0 Å². The fourth-order valence-electron chi connectivity index (χ4n) is 3.66. The Labute approximate surface area is 160 Å². The van der Waals surface area contributed by atoms with Gasteiger partial charge in [-0.1, -0.05) is 36.8 Å². The van der Waals surface area contributed by atoms with E-state index < -0.39 is 0 Å². The third kappa shape index (κ3) is 4.03. The normalized spacial score (nSPS) is 17.8. The second-order valence-corrected chi connectivity index (χ2v) is 8.14. The molecule has 146 valence electrons. The third-order valence-corrected chi connectivity index (χ3v) is 5.87. The molecule has 1 amide bonds. The van der Waals surface area contributed by atoms with Crippen molar-refractivity contribution in [2.24, 2.45) is 11.7 Å². The molecule has 1 aromatic heterocycles. The van der Waals surface area contributed by atoms with E-state index in [1.807, 2.05) is 4.68 Å². The van der Waals surface area contributed by atoms with E-state index in [4.69, 9.17) is 5.73 Å². The molecule has 27 heavy (non-hydrogen) atoms. The van der Waals surface area contributed by atoms with Crippen LogP contribution in [0.5, 0.6) is 0 Å². The zero-order valence-corrected chi connectivity index (χ0v) is 16.7. The van der Waals surface area contributed by atoms with Gasteiger partial charge in [0.05, 0.1) is 11.6 Å². The first-order chi connectivity index (χ1) is 12.8. The Kier molecular flexibility index (Phi) is 5.60. The zero-order valence-electron chi connectivity index (χ0n) is 16.7. The third-order valence-electron chi connectivity index (χ3n) is 5.87. The van der Waals surface area contributed by atoms with Crippen molar-refractivity contribution in [3.63, 3.8) is 0 Å². The number of amides is 1. The quantitative estimate of drug-likeness (QED) is 0.843. The van der Waals surface area contributed by atoms with Crippen molar-refractivity contribution in [3.8, 4) is 0 Å². The number of nitrogens with zero attached hydrogens (tertiary/aromatic N) is 5. The molecule has 2 heterocycles. The van der Waals surface area contributed by atoms with Gasteiger partial charge in [0.1, 0.15) is 0 Å². The van der Waals surface area contributed by atoms with Crippen molar-refractivity contribution in [2.45, 2.75) is 58.5 Å². The minimum atomic E-state index is -0.196. The summed E-state index contributed by atoms with van der Waals surface area (Å²) in [6, 6.07) is 8.51. The van der Waals surface area contributed by atoms with Crippen LogP contribution in [-0.4, -0.2) is 44.1 Å². The smallest absolute Gasteiger partial charge is 0.220 e. The predicted molar refractivity (Wildman–Crippen MR) is 104 cm³/mol. The zero-order chi connectivity index (χ0) is 19.6. The molecule has 7 nitrogen and oxygen atoms in total. The van der Waals surface area contributed by atoms with Crippen molar-refractivity contribution in [2.75, 3.05) is 13.1 Å². The summed E-state index contributed by atoms with van der Waals surface area (Å²) in [5, 5.41) is 12.7. The van der Waals surface area contributed by atoms with Crippen molar-refractivity contribution < 1.29 is 4.79 Å². The standard InChI is InChI=1S/C20H30N6O/c1-5-20(3,4)26-19(22-23-24-26)17(15-8-6-14(2)7-9-15)25-12-10-16(11-13-25)18(21)27/h6-9,16-17H,5,10-13H2,1-4H3,(H2,21,27). The molecule has 1 aromatic carbocycles. The number of carbonyl (C=O) groups is 1. The van der Waals surface area contributed by atoms with Crippen LogP contribution in [0.3, 0.4) is 0 Å². The number of tetrazole rings is 1. The van der Waals surface area contributed by atoms with Gasteiger partial charge in [-0.3, -0.25) is 9.69 Å². The van der Waals surface area contributed by atoms with Gasteiger partial charge in [0.15, 0.2) is 5.82 Å². The molecule has 0 radical (unpaired) electrons. The lowest BCUT2D eigenvalue weighted by molar-refractivity contribution is -0.123. The molecule has 0 aliphatic carbocycles. The molecule has 2 N–H and O–H groups in total. The second kappa shape index (κ2) is 7.76. The average Bonchev–Trinajstić information content (AvgIpc) is 3.14. The largest absolute Gasteiger partial charge is 0.369 e. The average molecular weight is 371 g/mol. The molecule has 0 bridgehead atoms. The maximum Gasteiger partial charge on any atom is 0.220 e. The fraction of sp³-hybridized carbons (Fsp3) is 0.600.